The number of nitrogens with zero attached hydrogens (tertiary/aromatic N) is 2. The maximum absolute atomic E-state index is 2.48. The summed E-state index contributed by atoms with van der Waals surface area (Å²) in [5.41, 5.74) is 10.8. The van der Waals surface area contributed by atoms with Crippen molar-refractivity contribution in [3.8, 4) is 11.1 Å². The molecule has 2 atom stereocenters. The van der Waals surface area contributed by atoms with Crippen LogP contribution in [0.15, 0.2) is 152 Å². The Balaban J connectivity index is 1.48. The molecule has 41 heavy (non-hydrogen) atoms. The van der Waals surface area contributed by atoms with E-state index >= 15 is 0 Å². The van der Waals surface area contributed by atoms with Gasteiger partial charge in [0.1, 0.15) is 0 Å². The Labute approximate surface area is 244 Å². The Morgan fingerprint density at radius 2 is 0.927 bits per heavy atom. The van der Waals surface area contributed by atoms with Gasteiger partial charge in [0.15, 0.2) is 0 Å². The number of anilines is 5. The van der Waals surface area contributed by atoms with Gasteiger partial charge < -0.3 is 9.80 Å². The fourth-order valence-corrected chi connectivity index (χ4v) is 5.80. The van der Waals surface area contributed by atoms with Gasteiger partial charge in [-0.05, 0) is 103 Å². The average molecular weight is 533 g/mol. The topological polar surface area (TPSA) is 6.48 Å². The minimum absolute atomic E-state index is 0.233. The molecule has 0 saturated heterocycles. The first-order valence-electron chi connectivity index (χ1n) is 14.4. The lowest BCUT2D eigenvalue weighted by atomic mass is 9.92. The van der Waals surface area contributed by atoms with E-state index in [1.165, 1.54) is 33.6 Å². The van der Waals surface area contributed by atoms with Gasteiger partial charge >= 0.3 is 0 Å². The molecular weight excluding hydrogens is 496 g/mol. The fourth-order valence-electron chi connectivity index (χ4n) is 5.80. The summed E-state index contributed by atoms with van der Waals surface area (Å²) >= 11 is 0. The van der Waals surface area contributed by atoms with Crippen molar-refractivity contribution in [3.05, 3.63) is 163 Å². The van der Waals surface area contributed by atoms with Crippen molar-refractivity contribution in [3.63, 3.8) is 0 Å². The standard InChI is InChI=1S/C39H36N2/c1-29-23-25-35(40(32-16-7-4-8-17-32)33-18-9-5-10-19-33)27-37(29)38-28-36(26-24-30(38)2)41(34-20-11-6-12-21-34)39-22-14-13-15-31(39)3/h4-28,31,39H,1-3H3. The van der Waals surface area contributed by atoms with Crippen LogP contribution in [0.2, 0.25) is 0 Å². The largest absolute Gasteiger partial charge is 0.334 e. The Morgan fingerprint density at radius 1 is 0.463 bits per heavy atom. The second kappa shape index (κ2) is 11.7. The Hall–Kier alpha value is -4.82. The van der Waals surface area contributed by atoms with Crippen molar-refractivity contribution in [1.29, 1.82) is 0 Å². The first-order chi connectivity index (χ1) is 20.1. The van der Waals surface area contributed by atoms with Crippen molar-refractivity contribution < 1.29 is 0 Å². The zero-order valence-electron chi connectivity index (χ0n) is 24.0. The molecule has 2 unspecified atom stereocenters. The maximum atomic E-state index is 2.48. The molecule has 0 bridgehead atoms. The second-order valence-electron chi connectivity index (χ2n) is 10.8. The first kappa shape index (κ1) is 26.4. The van der Waals surface area contributed by atoms with E-state index < -0.39 is 0 Å². The highest BCUT2D eigenvalue weighted by atomic mass is 15.2. The van der Waals surface area contributed by atoms with Crippen molar-refractivity contribution in [2.24, 2.45) is 5.92 Å². The predicted octanol–water partition coefficient (Wildman–Crippen LogP) is 10.7. The Bertz CT molecular complexity index is 1630. The zero-order chi connectivity index (χ0) is 28.2. The average Bonchev–Trinajstić information content (AvgIpc) is 3.02. The number of hydrogen-bond acceptors (Lipinski definition) is 2. The van der Waals surface area contributed by atoms with Gasteiger partial charge in [0, 0.05) is 28.4 Å². The molecule has 5 aromatic carbocycles. The van der Waals surface area contributed by atoms with Crippen molar-refractivity contribution in [2.75, 3.05) is 9.80 Å². The summed E-state index contributed by atoms with van der Waals surface area (Å²) in [7, 11) is 0. The number of benzene rings is 5. The summed E-state index contributed by atoms with van der Waals surface area (Å²) < 4.78 is 0. The van der Waals surface area contributed by atoms with E-state index in [4.69, 9.17) is 0 Å². The van der Waals surface area contributed by atoms with Gasteiger partial charge in [0.25, 0.3) is 0 Å². The number of para-hydroxylation sites is 3. The summed E-state index contributed by atoms with van der Waals surface area (Å²) in [6.45, 7) is 6.73. The number of rotatable bonds is 7. The summed E-state index contributed by atoms with van der Waals surface area (Å²) in [6, 6.07) is 45.9. The van der Waals surface area contributed by atoms with Crippen molar-refractivity contribution in [1.82, 2.24) is 0 Å². The van der Waals surface area contributed by atoms with E-state index in [2.05, 4.69) is 182 Å². The van der Waals surface area contributed by atoms with Crippen LogP contribution >= 0.6 is 0 Å². The molecule has 0 heterocycles. The molecule has 0 amide bonds. The van der Waals surface area contributed by atoms with E-state index in [1.807, 2.05) is 0 Å². The zero-order valence-corrected chi connectivity index (χ0v) is 24.0. The van der Waals surface area contributed by atoms with Crippen LogP contribution in [0.25, 0.3) is 11.1 Å². The van der Waals surface area contributed by atoms with E-state index in [9.17, 15) is 0 Å². The van der Waals surface area contributed by atoms with E-state index in [1.54, 1.807) is 0 Å². The summed E-state index contributed by atoms with van der Waals surface area (Å²) in [5.74, 6) is 0.389. The third-order valence-corrected chi connectivity index (χ3v) is 8.00. The number of allylic oxidation sites excluding steroid dienone is 2. The molecule has 2 nitrogen and oxygen atoms in total. The van der Waals surface area contributed by atoms with Gasteiger partial charge in [-0.15, -0.1) is 0 Å². The van der Waals surface area contributed by atoms with Gasteiger partial charge in [0.2, 0.25) is 0 Å². The highest BCUT2D eigenvalue weighted by Crippen LogP contribution is 2.40. The van der Waals surface area contributed by atoms with E-state index in [0.717, 1.165) is 17.1 Å². The van der Waals surface area contributed by atoms with Crippen LogP contribution in [0.5, 0.6) is 0 Å². The van der Waals surface area contributed by atoms with Crippen molar-refractivity contribution >= 4 is 28.4 Å². The van der Waals surface area contributed by atoms with Crippen LogP contribution in [0.3, 0.4) is 0 Å². The van der Waals surface area contributed by atoms with Gasteiger partial charge in [-0.2, -0.15) is 0 Å². The molecular formula is C39H36N2. The van der Waals surface area contributed by atoms with Crippen LogP contribution in [0.4, 0.5) is 28.4 Å². The molecule has 6 rings (SSSR count). The Kier molecular flexibility index (Phi) is 7.56. The molecule has 1 aliphatic rings. The van der Waals surface area contributed by atoms with Gasteiger partial charge in [-0.1, -0.05) is 98.0 Å². The molecule has 0 fully saturated rings. The fraction of sp³-hybridized carbons (Fsp3) is 0.128. The van der Waals surface area contributed by atoms with Gasteiger partial charge in [-0.25, -0.2) is 0 Å². The molecule has 0 aromatic heterocycles. The monoisotopic (exact) mass is 532 g/mol. The molecule has 0 radical (unpaired) electrons. The molecule has 2 heteroatoms. The summed E-state index contributed by atoms with van der Waals surface area (Å²) in [5, 5.41) is 0. The molecule has 0 saturated carbocycles. The minimum atomic E-state index is 0.233. The highest BCUT2D eigenvalue weighted by Gasteiger charge is 2.25. The number of aryl methyl sites for hydroxylation is 2. The van der Waals surface area contributed by atoms with Crippen LogP contribution in [0.1, 0.15) is 18.1 Å². The van der Waals surface area contributed by atoms with Crippen LogP contribution in [-0.4, -0.2) is 6.04 Å². The van der Waals surface area contributed by atoms with Crippen LogP contribution in [-0.2, 0) is 0 Å². The first-order valence-corrected chi connectivity index (χ1v) is 14.4. The molecule has 202 valence electrons. The van der Waals surface area contributed by atoms with Crippen molar-refractivity contribution in [2.45, 2.75) is 26.8 Å². The number of hydrogen-bond donors (Lipinski definition) is 0. The molecule has 0 aliphatic heterocycles. The third-order valence-electron chi connectivity index (χ3n) is 8.00. The van der Waals surface area contributed by atoms with E-state index in [0.29, 0.717) is 5.92 Å². The van der Waals surface area contributed by atoms with E-state index in [-0.39, 0.29) is 6.04 Å². The van der Waals surface area contributed by atoms with Gasteiger partial charge in [-0.3, -0.25) is 0 Å². The summed E-state index contributed by atoms with van der Waals surface area (Å²) in [6.07, 6.45) is 8.95. The Morgan fingerprint density at radius 3 is 1.46 bits per heavy atom. The second-order valence-corrected chi connectivity index (χ2v) is 10.8. The minimum Gasteiger partial charge on any atom is -0.334 e. The maximum Gasteiger partial charge on any atom is 0.0585 e. The lowest BCUT2D eigenvalue weighted by Gasteiger charge is -2.36. The highest BCUT2D eigenvalue weighted by molar-refractivity contribution is 5.83. The third kappa shape index (κ3) is 5.47. The predicted molar refractivity (Wildman–Crippen MR) is 176 cm³/mol. The lowest BCUT2D eigenvalue weighted by molar-refractivity contribution is 0.609. The molecule has 0 N–H and O–H groups in total. The van der Waals surface area contributed by atoms with Gasteiger partial charge in [0.05, 0.1) is 6.04 Å². The molecule has 5 aromatic rings. The van der Waals surface area contributed by atoms with Crippen LogP contribution < -0.4 is 9.80 Å². The quantitative estimate of drug-likeness (QED) is 0.206. The normalized spacial score (nSPS) is 16.0. The SMILES string of the molecule is Cc1ccc(N(c2ccccc2)c2ccccc2)cc1-c1cc(N(c2ccccc2)C2C=CC=CC2C)ccc1C. The molecule has 0 spiro atoms. The lowest BCUT2D eigenvalue weighted by Crippen LogP contribution is -2.35. The van der Waals surface area contributed by atoms with Crippen LogP contribution in [0, 0.1) is 19.8 Å². The smallest absolute Gasteiger partial charge is 0.0585 e. The molecule has 1 aliphatic carbocycles. The summed E-state index contributed by atoms with van der Waals surface area (Å²) in [4.78, 5) is 4.81.